The van der Waals surface area contributed by atoms with Crippen molar-refractivity contribution in [2.24, 2.45) is 23.2 Å². The van der Waals surface area contributed by atoms with Crippen LogP contribution in [0.25, 0.3) is 0 Å². The molecule has 4 fully saturated rings. The summed E-state index contributed by atoms with van der Waals surface area (Å²) in [6, 6.07) is 10.2. The normalized spacial score (nSPS) is 27.4. The number of rotatable bonds is 8. The lowest BCUT2D eigenvalue weighted by molar-refractivity contribution is -0.0703. The molecule has 0 aliphatic heterocycles. The fraction of sp³-hybridized carbons (Fsp3) is 0.586. The zero-order valence-corrected chi connectivity index (χ0v) is 23.1. The van der Waals surface area contributed by atoms with E-state index in [-0.39, 0.29) is 17.6 Å². The van der Waals surface area contributed by atoms with Gasteiger partial charge in [0, 0.05) is 24.2 Å². The number of anilines is 2. The minimum atomic E-state index is -0.501. The highest BCUT2D eigenvalue weighted by molar-refractivity contribution is 6.31. The van der Waals surface area contributed by atoms with Gasteiger partial charge < -0.3 is 20.7 Å². The first-order chi connectivity index (χ1) is 18.1. The van der Waals surface area contributed by atoms with E-state index in [1.807, 2.05) is 45.0 Å². The van der Waals surface area contributed by atoms with Gasteiger partial charge >= 0.3 is 6.09 Å². The largest absolute Gasteiger partial charge is 0.444 e. The van der Waals surface area contributed by atoms with Crippen molar-refractivity contribution in [3.05, 3.63) is 46.6 Å². The van der Waals surface area contributed by atoms with Crippen LogP contribution in [0.5, 0.6) is 0 Å². The molecule has 4 aliphatic rings. The van der Waals surface area contributed by atoms with E-state index in [1.165, 1.54) is 6.42 Å². The molecule has 9 heteroatoms. The van der Waals surface area contributed by atoms with Crippen LogP contribution in [0.2, 0.25) is 5.02 Å². The SMILES string of the molecule is CC(C)(C)OC(=O)NC1[C@@H]2CC3C[C@H]1CC(CNc1nc(NCCc4ccccc4Cl)ncc1C#N)(C3)C2. The number of ether oxygens (including phenoxy) is 1. The Labute approximate surface area is 229 Å². The van der Waals surface area contributed by atoms with Gasteiger partial charge in [-0.3, -0.25) is 0 Å². The third-order valence-corrected chi connectivity index (χ3v) is 8.63. The summed E-state index contributed by atoms with van der Waals surface area (Å²) in [5.74, 6) is 2.67. The number of aromatic nitrogens is 2. The lowest BCUT2D eigenvalue weighted by Crippen LogP contribution is -2.60. The van der Waals surface area contributed by atoms with Crippen molar-refractivity contribution in [3.8, 4) is 6.07 Å². The Kier molecular flexibility index (Phi) is 7.41. The van der Waals surface area contributed by atoms with Crippen molar-refractivity contribution >= 4 is 29.5 Å². The Bertz CT molecular complexity index is 1210. The molecule has 0 saturated heterocycles. The smallest absolute Gasteiger partial charge is 0.407 e. The highest BCUT2D eigenvalue weighted by Crippen LogP contribution is 2.60. The van der Waals surface area contributed by atoms with Gasteiger partial charge in [0.15, 0.2) is 0 Å². The van der Waals surface area contributed by atoms with E-state index in [0.29, 0.717) is 41.6 Å². The molecule has 4 saturated carbocycles. The van der Waals surface area contributed by atoms with Crippen LogP contribution in [0.15, 0.2) is 30.5 Å². The van der Waals surface area contributed by atoms with Crippen molar-refractivity contribution < 1.29 is 9.53 Å². The first kappa shape index (κ1) is 26.6. The van der Waals surface area contributed by atoms with Gasteiger partial charge in [0.2, 0.25) is 5.95 Å². The second-order valence-electron chi connectivity index (χ2n) is 12.3. The summed E-state index contributed by atoms with van der Waals surface area (Å²) < 4.78 is 5.55. The van der Waals surface area contributed by atoms with Gasteiger partial charge in [0.1, 0.15) is 23.1 Å². The molecular weight excluding hydrogens is 500 g/mol. The molecule has 0 radical (unpaired) electrons. The Morgan fingerprint density at radius 2 is 1.92 bits per heavy atom. The molecule has 2 aromatic rings. The maximum atomic E-state index is 12.5. The summed E-state index contributed by atoms with van der Waals surface area (Å²) in [7, 11) is 0. The van der Waals surface area contributed by atoms with Gasteiger partial charge in [-0.1, -0.05) is 29.8 Å². The molecule has 5 atom stereocenters. The van der Waals surface area contributed by atoms with Crippen LogP contribution in [0, 0.1) is 34.5 Å². The zero-order valence-electron chi connectivity index (χ0n) is 22.4. The topological polar surface area (TPSA) is 112 Å². The number of nitriles is 1. The first-order valence-corrected chi connectivity index (χ1v) is 14.0. The van der Waals surface area contributed by atoms with E-state index in [1.54, 1.807) is 6.20 Å². The lowest BCUT2D eigenvalue weighted by Gasteiger charge is -2.60. The summed E-state index contributed by atoms with van der Waals surface area (Å²) in [4.78, 5) is 21.5. The molecule has 1 aromatic carbocycles. The van der Waals surface area contributed by atoms with Crippen LogP contribution in [0.3, 0.4) is 0 Å². The average molecular weight is 537 g/mol. The van der Waals surface area contributed by atoms with Crippen molar-refractivity contribution in [2.45, 2.75) is 70.9 Å². The van der Waals surface area contributed by atoms with Crippen LogP contribution in [0.1, 0.15) is 64.0 Å². The standard InChI is InChI=1S/C29H37ClN6O2/c1-28(2,3)38-27(37)35-24-20-10-18-11-21(24)14-29(12-18,13-20)17-34-25-22(15-31)16-33-26(36-25)32-9-8-19-6-4-5-7-23(19)30/h4-7,16,18,20-21,24H,8-14,17H2,1-3H3,(H,35,37)(H2,32,33,34,36)/t18?,20-,21+,24?,29?. The molecular formula is C29H37ClN6O2. The van der Waals surface area contributed by atoms with E-state index in [2.05, 4.69) is 32.0 Å². The van der Waals surface area contributed by atoms with Gasteiger partial charge in [0.25, 0.3) is 0 Å². The summed E-state index contributed by atoms with van der Waals surface area (Å²) >= 11 is 6.27. The maximum absolute atomic E-state index is 12.5. The van der Waals surface area contributed by atoms with E-state index >= 15 is 0 Å². The predicted octanol–water partition coefficient (Wildman–Crippen LogP) is 5.79. The van der Waals surface area contributed by atoms with Gasteiger partial charge in [-0.05, 0) is 94.1 Å². The molecule has 202 valence electrons. The van der Waals surface area contributed by atoms with Gasteiger partial charge in [-0.25, -0.2) is 9.78 Å². The zero-order chi connectivity index (χ0) is 26.9. The molecule has 6 rings (SSSR count). The van der Waals surface area contributed by atoms with E-state index in [9.17, 15) is 10.1 Å². The van der Waals surface area contributed by atoms with Crippen LogP contribution >= 0.6 is 11.6 Å². The molecule has 1 amide bonds. The van der Waals surface area contributed by atoms with Crippen molar-refractivity contribution in [1.29, 1.82) is 5.26 Å². The van der Waals surface area contributed by atoms with Crippen LogP contribution < -0.4 is 16.0 Å². The molecule has 38 heavy (non-hydrogen) atoms. The van der Waals surface area contributed by atoms with E-state index < -0.39 is 5.60 Å². The molecule has 8 nitrogen and oxygen atoms in total. The summed E-state index contributed by atoms with van der Waals surface area (Å²) in [5, 5.41) is 20.4. The second kappa shape index (κ2) is 10.6. The third kappa shape index (κ3) is 5.99. The first-order valence-electron chi connectivity index (χ1n) is 13.6. The molecule has 1 aromatic heterocycles. The van der Waals surface area contributed by atoms with Crippen LogP contribution in [-0.4, -0.2) is 40.8 Å². The summed E-state index contributed by atoms with van der Waals surface area (Å²) in [6.07, 6.45) is 7.64. The van der Waals surface area contributed by atoms with Gasteiger partial charge in [-0.2, -0.15) is 10.2 Å². The Balaban J connectivity index is 1.21. The minimum Gasteiger partial charge on any atom is -0.444 e. The molecule has 0 spiro atoms. The Morgan fingerprint density at radius 1 is 1.18 bits per heavy atom. The predicted molar refractivity (Wildman–Crippen MR) is 148 cm³/mol. The number of alkyl carbamates (subject to hydrolysis) is 1. The van der Waals surface area contributed by atoms with Crippen molar-refractivity contribution in [1.82, 2.24) is 15.3 Å². The molecule has 3 N–H and O–H groups in total. The molecule has 4 bridgehead atoms. The Morgan fingerprint density at radius 3 is 2.61 bits per heavy atom. The van der Waals surface area contributed by atoms with Crippen molar-refractivity contribution in [2.75, 3.05) is 23.7 Å². The minimum absolute atomic E-state index is 0.151. The Hall–Kier alpha value is -3.05. The second-order valence-corrected chi connectivity index (χ2v) is 12.7. The van der Waals surface area contributed by atoms with Gasteiger partial charge in [0.05, 0.1) is 6.20 Å². The number of hydrogen-bond acceptors (Lipinski definition) is 7. The van der Waals surface area contributed by atoms with Crippen molar-refractivity contribution in [3.63, 3.8) is 0 Å². The number of amides is 1. The molecule has 3 unspecified atom stereocenters. The number of benzene rings is 1. The fourth-order valence-corrected chi connectivity index (χ4v) is 7.28. The highest BCUT2D eigenvalue weighted by atomic mass is 35.5. The van der Waals surface area contributed by atoms with E-state index in [4.69, 9.17) is 16.3 Å². The van der Waals surface area contributed by atoms with Crippen LogP contribution in [0.4, 0.5) is 16.6 Å². The summed E-state index contributed by atoms with van der Waals surface area (Å²) in [5.41, 5.74) is 1.16. The lowest BCUT2D eigenvalue weighted by atomic mass is 9.48. The number of hydrogen-bond donors (Lipinski definition) is 3. The molecule has 4 aliphatic carbocycles. The highest BCUT2D eigenvalue weighted by Gasteiger charge is 2.55. The fourth-order valence-electron chi connectivity index (χ4n) is 7.05. The number of carbonyl (C=O) groups is 1. The average Bonchev–Trinajstić information content (AvgIpc) is 2.85. The number of nitrogens with one attached hydrogen (secondary N) is 3. The number of carbonyl (C=O) groups excluding carboxylic acids is 1. The number of halogens is 1. The third-order valence-electron chi connectivity index (χ3n) is 8.26. The monoisotopic (exact) mass is 536 g/mol. The summed E-state index contributed by atoms with van der Waals surface area (Å²) in [6.45, 7) is 7.09. The quantitative estimate of drug-likeness (QED) is 0.391. The van der Waals surface area contributed by atoms with Crippen LogP contribution in [-0.2, 0) is 11.2 Å². The molecule has 1 heterocycles. The maximum Gasteiger partial charge on any atom is 0.407 e. The van der Waals surface area contributed by atoms with E-state index in [0.717, 1.165) is 49.2 Å². The van der Waals surface area contributed by atoms with Gasteiger partial charge in [-0.15, -0.1) is 0 Å². The number of nitrogens with zero attached hydrogens (tertiary/aromatic N) is 3.